The van der Waals surface area contributed by atoms with Crippen LogP contribution in [-0.4, -0.2) is 30.4 Å². The lowest BCUT2D eigenvalue weighted by Gasteiger charge is -2.19. The van der Waals surface area contributed by atoms with E-state index in [1.807, 2.05) is 0 Å². The summed E-state index contributed by atoms with van der Waals surface area (Å²) in [5.41, 5.74) is -1.31. The molecule has 1 amide bonds. The fourth-order valence-corrected chi connectivity index (χ4v) is 3.52. The summed E-state index contributed by atoms with van der Waals surface area (Å²) >= 11 is 0. The summed E-state index contributed by atoms with van der Waals surface area (Å²) in [5, 5.41) is 12.0. The third-order valence-corrected chi connectivity index (χ3v) is 5.24. The monoisotopic (exact) mass is 451 g/mol. The first-order chi connectivity index (χ1) is 14.4. The molecular weight excluding hydrogens is 432 g/mol. The van der Waals surface area contributed by atoms with Gasteiger partial charge in [-0.25, -0.2) is 26.3 Å². The average Bonchev–Trinajstić information content (AvgIpc) is 3.06. The Morgan fingerprint density at radius 3 is 2.32 bits per heavy atom. The first kappa shape index (κ1) is 22.2. The lowest BCUT2D eigenvalue weighted by atomic mass is 9.95. The van der Waals surface area contributed by atoms with Crippen molar-refractivity contribution in [1.29, 1.82) is 0 Å². The molecule has 3 aromatic rings. The minimum Gasteiger partial charge on any atom is -0.478 e. The molecule has 2 aromatic carbocycles. The molecule has 0 fully saturated rings. The highest BCUT2D eigenvalue weighted by Gasteiger charge is 2.24. The van der Waals surface area contributed by atoms with Crippen molar-refractivity contribution in [2.24, 2.45) is 5.41 Å². The highest BCUT2D eigenvalue weighted by molar-refractivity contribution is 7.74. The Bertz CT molecular complexity index is 1270. The molecule has 31 heavy (non-hydrogen) atoms. The summed E-state index contributed by atoms with van der Waals surface area (Å²) in [4.78, 5) is 26.0. The number of amides is 1. The summed E-state index contributed by atoms with van der Waals surface area (Å²) in [6.45, 7) is 5.25. The molecule has 0 spiro atoms. The van der Waals surface area contributed by atoms with Crippen LogP contribution in [0, 0.1) is 17.0 Å². The third kappa shape index (κ3) is 4.36. The van der Waals surface area contributed by atoms with Gasteiger partial charge >= 0.3 is 5.97 Å². The van der Waals surface area contributed by atoms with Crippen LogP contribution in [0.2, 0.25) is 0 Å². The van der Waals surface area contributed by atoms with E-state index in [1.165, 1.54) is 12.3 Å². The number of nitrogens with zero attached hydrogens (tertiary/aromatic N) is 1. The molecule has 3 rings (SSSR count). The van der Waals surface area contributed by atoms with E-state index < -0.39 is 45.2 Å². The fourth-order valence-electron chi connectivity index (χ4n) is 2.85. The fraction of sp³-hybridized carbons (Fsp3) is 0.200. The number of thiol groups is 1. The minimum absolute atomic E-state index is 0.00110. The van der Waals surface area contributed by atoms with Gasteiger partial charge in [0.15, 0.2) is 0 Å². The Balaban J connectivity index is 2.07. The molecule has 11 heteroatoms. The topological polar surface area (TPSA) is 120 Å². The van der Waals surface area contributed by atoms with Gasteiger partial charge in [-0.15, -0.1) is 0 Å². The highest BCUT2D eigenvalue weighted by Crippen LogP contribution is 2.36. The SMILES string of the molecule is CC(C)(C)C(=O)Nc1ccc2c(N(c3cc(F)c(C(=O)O)cc3F)[SH](=O)=O)c[nH]c2c1. The Morgan fingerprint density at radius 2 is 1.74 bits per heavy atom. The number of carbonyl (C=O) groups excluding carboxylic acids is 1. The van der Waals surface area contributed by atoms with Crippen molar-refractivity contribution in [2.45, 2.75) is 20.8 Å². The van der Waals surface area contributed by atoms with Crippen molar-refractivity contribution < 1.29 is 31.9 Å². The van der Waals surface area contributed by atoms with Gasteiger partial charge in [0.2, 0.25) is 16.8 Å². The Morgan fingerprint density at radius 1 is 1.06 bits per heavy atom. The molecule has 0 bridgehead atoms. The number of rotatable bonds is 5. The Hall–Kier alpha value is -3.47. The summed E-state index contributed by atoms with van der Waals surface area (Å²) in [5.74, 6) is -4.41. The molecule has 0 atom stereocenters. The molecule has 164 valence electrons. The first-order valence-electron chi connectivity index (χ1n) is 8.99. The number of aromatic carboxylic acids is 1. The number of hydrogen-bond acceptors (Lipinski definition) is 4. The summed E-state index contributed by atoms with van der Waals surface area (Å²) in [6.07, 6.45) is 1.29. The largest absolute Gasteiger partial charge is 0.478 e. The van der Waals surface area contributed by atoms with Crippen molar-refractivity contribution in [2.75, 3.05) is 9.62 Å². The van der Waals surface area contributed by atoms with Crippen LogP contribution in [0.25, 0.3) is 10.9 Å². The van der Waals surface area contributed by atoms with E-state index >= 15 is 0 Å². The molecular formula is C20H19F2N3O5S. The van der Waals surface area contributed by atoms with Crippen molar-refractivity contribution in [3.63, 3.8) is 0 Å². The lowest BCUT2D eigenvalue weighted by Crippen LogP contribution is -2.27. The standard InChI is InChI=1S/C20H19F2N3O5S/c1-20(2,3)19(28)24-10-4-5-11-15(6-10)23-9-17(11)25(31(29)30)16-8-13(21)12(18(26)27)7-14(16)22/h4-9,23,31H,1-3H3,(H,24,28)(H,26,27). The molecule has 1 heterocycles. The van der Waals surface area contributed by atoms with Crippen molar-refractivity contribution in [3.05, 3.63) is 53.7 Å². The number of nitrogens with one attached hydrogen (secondary N) is 2. The van der Waals surface area contributed by atoms with Crippen LogP contribution < -0.4 is 9.62 Å². The highest BCUT2D eigenvalue weighted by atomic mass is 32.2. The van der Waals surface area contributed by atoms with Crippen LogP contribution in [0.1, 0.15) is 31.1 Å². The molecule has 8 nitrogen and oxygen atoms in total. The number of fused-ring (bicyclic) bond motifs is 1. The second-order valence-corrected chi connectivity index (χ2v) is 8.65. The molecule has 0 saturated heterocycles. The van der Waals surface area contributed by atoms with E-state index in [0.717, 1.165) is 0 Å². The Kier molecular flexibility index (Phi) is 5.72. The quantitative estimate of drug-likeness (QED) is 0.440. The number of aromatic nitrogens is 1. The van der Waals surface area contributed by atoms with Crippen LogP contribution in [0.4, 0.5) is 25.8 Å². The molecule has 0 aliphatic heterocycles. The van der Waals surface area contributed by atoms with E-state index in [4.69, 9.17) is 5.11 Å². The van der Waals surface area contributed by atoms with Crippen LogP contribution >= 0.6 is 0 Å². The number of hydrogen-bond donors (Lipinski definition) is 4. The summed E-state index contributed by atoms with van der Waals surface area (Å²) in [6, 6.07) is 5.58. The first-order valence-corrected chi connectivity index (χ1v) is 10.1. The van der Waals surface area contributed by atoms with E-state index in [1.54, 1.807) is 32.9 Å². The number of carboxylic acid groups (broad SMARTS) is 1. The number of aromatic amines is 1. The molecule has 0 saturated carbocycles. The van der Waals surface area contributed by atoms with Gasteiger partial charge in [-0.05, 0) is 24.3 Å². The van der Waals surface area contributed by atoms with E-state index in [2.05, 4.69) is 10.3 Å². The van der Waals surface area contributed by atoms with Crippen molar-refractivity contribution in [3.8, 4) is 0 Å². The molecule has 0 aliphatic carbocycles. The van der Waals surface area contributed by atoms with Gasteiger partial charge in [-0.1, -0.05) is 20.8 Å². The van der Waals surface area contributed by atoms with Gasteiger partial charge in [0, 0.05) is 34.3 Å². The average molecular weight is 451 g/mol. The summed E-state index contributed by atoms with van der Waals surface area (Å²) < 4.78 is 53.0. The van der Waals surface area contributed by atoms with Crippen LogP contribution in [-0.2, 0) is 15.7 Å². The Labute approximate surface area is 177 Å². The number of carboxylic acids is 1. The zero-order chi connectivity index (χ0) is 23.1. The lowest BCUT2D eigenvalue weighted by molar-refractivity contribution is -0.123. The zero-order valence-corrected chi connectivity index (χ0v) is 17.6. The van der Waals surface area contributed by atoms with Crippen LogP contribution in [0.3, 0.4) is 0 Å². The van der Waals surface area contributed by atoms with Crippen molar-refractivity contribution >= 4 is 50.7 Å². The third-order valence-electron chi connectivity index (χ3n) is 4.49. The van der Waals surface area contributed by atoms with Gasteiger partial charge in [-0.3, -0.25) is 4.79 Å². The maximum atomic E-state index is 14.5. The van der Waals surface area contributed by atoms with Crippen LogP contribution in [0.15, 0.2) is 36.5 Å². The predicted octanol–water partition coefficient (Wildman–Crippen LogP) is 3.79. The van der Waals surface area contributed by atoms with Gasteiger partial charge in [0.1, 0.15) is 11.6 Å². The maximum Gasteiger partial charge on any atom is 0.338 e. The molecule has 0 aliphatic rings. The normalized spacial score (nSPS) is 11.7. The number of benzene rings is 2. The summed E-state index contributed by atoms with van der Waals surface area (Å²) in [7, 11) is -3.47. The number of carbonyl (C=O) groups is 2. The number of halogens is 2. The van der Waals surface area contributed by atoms with Crippen molar-refractivity contribution in [1.82, 2.24) is 4.98 Å². The second-order valence-electron chi connectivity index (χ2n) is 7.78. The predicted molar refractivity (Wildman–Crippen MR) is 112 cm³/mol. The maximum absolute atomic E-state index is 14.5. The van der Waals surface area contributed by atoms with Gasteiger partial charge in [-0.2, -0.15) is 0 Å². The number of anilines is 3. The molecule has 0 radical (unpaired) electrons. The van der Waals surface area contributed by atoms with Gasteiger partial charge in [0.05, 0.1) is 16.9 Å². The van der Waals surface area contributed by atoms with E-state index in [-0.39, 0.29) is 11.6 Å². The molecule has 0 unspecified atom stereocenters. The molecule has 1 aromatic heterocycles. The van der Waals surface area contributed by atoms with Gasteiger partial charge < -0.3 is 15.4 Å². The second kappa shape index (κ2) is 7.99. The smallest absolute Gasteiger partial charge is 0.338 e. The van der Waals surface area contributed by atoms with E-state index in [0.29, 0.717) is 33.0 Å². The molecule has 3 N–H and O–H groups in total. The van der Waals surface area contributed by atoms with Gasteiger partial charge in [0.25, 0.3) is 0 Å². The van der Waals surface area contributed by atoms with Crippen LogP contribution in [0.5, 0.6) is 0 Å². The van der Waals surface area contributed by atoms with E-state index in [9.17, 15) is 26.8 Å². The number of H-pyrrole nitrogens is 1. The zero-order valence-electron chi connectivity index (χ0n) is 16.7. The minimum atomic E-state index is -3.47.